The van der Waals surface area contributed by atoms with E-state index in [0.29, 0.717) is 17.4 Å². The van der Waals surface area contributed by atoms with Crippen LogP contribution < -0.4 is 5.32 Å². The van der Waals surface area contributed by atoms with Gasteiger partial charge in [-0.3, -0.25) is 13.8 Å². The topological polar surface area (TPSA) is 105 Å². The summed E-state index contributed by atoms with van der Waals surface area (Å²) in [5.41, 5.74) is 0. The standard InChI is InChI=1S/C33H61N2O6P/c1-6-8-10-12-14-15-16-17-18-19-21-23-25-27-33(37)34-31(32(36)26-24-22-20-13-11-9-7-2)30-41-42(38,39)40-29-28-35(3,4)5/h8,10,14-15,17-18,24,26,31-32,36H,6-7,9,11-13,16,19-23,25,27-30H2,1-5H3,(H-,34,37,38,39)/p+1/b10-8-,15-14-,18-17-,26-24+. The fourth-order valence-electron chi connectivity index (χ4n) is 3.93. The number of nitrogens with one attached hydrogen (secondary N) is 1. The zero-order chi connectivity index (χ0) is 31.5. The van der Waals surface area contributed by atoms with Gasteiger partial charge in [-0.15, -0.1) is 0 Å². The molecule has 0 spiro atoms. The molecule has 0 aliphatic heterocycles. The molecule has 0 bridgehead atoms. The maximum Gasteiger partial charge on any atom is 0.472 e. The van der Waals surface area contributed by atoms with Crippen molar-refractivity contribution in [3.05, 3.63) is 48.6 Å². The monoisotopic (exact) mass is 613 g/mol. The summed E-state index contributed by atoms with van der Waals surface area (Å²) in [6.45, 7) is 4.56. The first-order chi connectivity index (χ1) is 20.0. The first-order valence-electron chi connectivity index (χ1n) is 16.0. The third-order valence-corrected chi connectivity index (χ3v) is 7.54. The second kappa shape index (κ2) is 25.9. The Labute approximate surface area is 257 Å². The lowest BCUT2D eigenvalue weighted by Gasteiger charge is -2.25. The van der Waals surface area contributed by atoms with E-state index in [4.69, 9.17) is 9.05 Å². The van der Waals surface area contributed by atoms with Crippen molar-refractivity contribution in [1.29, 1.82) is 0 Å². The van der Waals surface area contributed by atoms with Gasteiger partial charge in [-0.2, -0.15) is 0 Å². The van der Waals surface area contributed by atoms with E-state index < -0.39 is 20.0 Å². The molecule has 0 aromatic heterocycles. The lowest BCUT2D eigenvalue weighted by molar-refractivity contribution is -0.870. The molecule has 0 aromatic rings. The number of quaternary nitrogens is 1. The van der Waals surface area contributed by atoms with Gasteiger partial charge in [-0.05, 0) is 51.4 Å². The number of aliphatic hydroxyl groups is 1. The molecule has 0 rings (SSSR count). The van der Waals surface area contributed by atoms with Gasteiger partial charge < -0.3 is 19.8 Å². The molecule has 9 heteroatoms. The third-order valence-electron chi connectivity index (χ3n) is 6.55. The average Bonchev–Trinajstić information content (AvgIpc) is 2.92. The number of nitrogens with zero attached hydrogens (tertiary/aromatic N) is 1. The second-order valence-corrected chi connectivity index (χ2v) is 13.3. The number of phosphoric ester groups is 1. The minimum atomic E-state index is -4.32. The van der Waals surface area contributed by atoms with Crippen LogP contribution in [0.2, 0.25) is 0 Å². The molecular weight excluding hydrogens is 551 g/mol. The fourth-order valence-corrected chi connectivity index (χ4v) is 4.67. The first-order valence-corrected chi connectivity index (χ1v) is 17.5. The van der Waals surface area contributed by atoms with Crippen LogP contribution in [0.4, 0.5) is 0 Å². The van der Waals surface area contributed by atoms with Crippen molar-refractivity contribution in [3.63, 3.8) is 0 Å². The lowest BCUT2D eigenvalue weighted by Crippen LogP contribution is -2.45. The van der Waals surface area contributed by atoms with Gasteiger partial charge in [0.1, 0.15) is 13.2 Å². The van der Waals surface area contributed by atoms with Crippen LogP contribution in [0.3, 0.4) is 0 Å². The van der Waals surface area contributed by atoms with Crippen molar-refractivity contribution in [1.82, 2.24) is 5.32 Å². The van der Waals surface area contributed by atoms with Gasteiger partial charge in [0, 0.05) is 6.42 Å². The molecule has 3 atom stereocenters. The number of likely N-dealkylation sites (N-methyl/N-ethyl adjacent to an activating group) is 1. The number of carbonyl (C=O) groups is 1. The number of amides is 1. The van der Waals surface area contributed by atoms with Gasteiger partial charge in [0.25, 0.3) is 0 Å². The summed E-state index contributed by atoms with van der Waals surface area (Å²) in [6, 6.07) is -0.857. The molecule has 0 aromatic carbocycles. The summed E-state index contributed by atoms with van der Waals surface area (Å²) in [7, 11) is 1.53. The van der Waals surface area contributed by atoms with Crippen molar-refractivity contribution in [3.8, 4) is 0 Å². The van der Waals surface area contributed by atoms with Gasteiger partial charge >= 0.3 is 7.82 Å². The Morgan fingerprint density at radius 1 is 0.833 bits per heavy atom. The number of carbonyl (C=O) groups excluding carboxylic acids is 1. The van der Waals surface area contributed by atoms with E-state index in [-0.39, 0.29) is 19.1 Å². The average molecular weight is 614 g/mol. The summed E-state index contributed by atoms with van der Waals surface area (Å²) in [5, 5.41) is 13.5. The highest BCUT2D eigenvalue weighted by molar-refractivity contribution is 7.47. The molecule has 244 valence electrons. The number of hydrogen-bond acceptors (Lipinski definition) is 5. The van der Waals surface area contributed by atoms with Crippen LogP contribution in [-0.2, 0) is 18.4 Å². The molecule has 3 N–H and O–H groups in total. The molecule has 0 heterocycles. The number of allylic oxidation sites excluding steroid dienone is 7. The predicted octanol–water partition coefficient (Wildman–Crippen LogP) is 7.40. The van der Waals surface area contributed by atoms with Crippen LogP contribution in [0, 0.1) is 0 Å². The maximum atomic E-state index is 12.6. The van der Waals surface area contributed by atoms with Gasteiger partial charge in [-0.1, -0.05) is 94.6 Å². The number of rotatable bonds is 27. The molecule has 0 aliphatic rings. The van der Waals surface area contributed by atoms with E-state index in [1.54, 1.807) is 6.08 Å². The summed E-state index contributed by atoms with van der Waals surface area (Å²) in [6.07, 6.45) is 29.1. The van der Waals surface area contributed by atoms with E-state index in [9.17, 15) is 19.4 Å². The Kier molecular flexibility index (Phi) is 25.0. The van der Waals surface area contributed by atoms with Crippen LogP contribution in [0.5, 0.6) is 0 Å². The highest BCUT2D eigenvalue weighted by Gasteiger charge is 2.27. The predicted molar refractivity (Wildman–Crippen MR) is 175 cm³/mol. The molecule has 0 saturated heterocycles. The SMILES string of the molecule is CC/C=C\C/C=C\C/C=C\CCCCCC(=O)NC(COP(=O)(O)OCC[N+](C)(C)C)C(O)/C=C/CCCCCCC. The molecule has 0 fully saturated rings. The molecular formula is C33H62N2O6P+. The van der Waals surface area contributed by atoms with Crippen LogP contribution in [0.1, 0.15) is 104 Å². The van der Waals surface area contributed by atoms with E-state index in [1.165, 1.54) is 19.3 Å². The van der Waals surface area contributed by atoms with Crippen LogP contribution in [0.15, 0.2) is 48.6 Å². The molecule has 0 aliphatic carbocycles. The van der Waals surface area contributed by atoms with Crippen molar-refractivity contribution < 1.29 is 32.9 Å². The van der Waals surface area contributed by atoms with E-state index in [1.807, 2.05) is 27.2 Å². The van der Waals surface area contributed by atoms with E-state index >= 15 is 0 Å². The minimum absolute atomic E-state index is 0.0529. The Bertz CT molecular complexity index is 835. The molecule has 8 nitrogen and oxygen atoms in total. The van der Waals surface area contributed by atoms with Crippen molar-refractivity contribution in [2.45, 2.75) is 116 Å². The summed E-state index contributed by atoms with van der Waals surface area (Å²) in [5.74, 6) is -0.216. The van der Waals surface area contributed by atoms with Gasteiger partial charge in [0.2, 0.25) is 5.91 Å². The van der Waals surface area contributed by atoms with Gasteiger partial charge in [-0.25, -0.2) is 4.57 Å². The zero-order valence-electron chi connectivity index (χ0n) is 27.2. The molecule has 1 amide bonds. The van der Waals surface area contributed by atoms with Crippen molar-refractivity contribution in [2.75, 3.05) is 40.9 Å². The Hall–Kier alpha value is -1.54. The van der Waals surface area contributed by atoms with Gasteiger partial charge in [0.05, 0.1) is 39.9 Å². The summed E-state index contributed by atoms with van der Waals surface area (Å²) >= 11 is 0. The zero-order valence-corrected chi connectivity index (χ0v) is 28.1. The summed E-state index contributed by atoms with van der Waals surface area (Å²) in [4.78, 5) is 22.8. The number of aliphatic hydroxyl groups excluding tert-OH is 1. The smallest absolute Gasteiger partial charge is 0.387 e. The van der Waals surface area contributed by atoms with Crippen LogP contribution >= 0.6 is 7.82 Å². The van der Waals surface area contributed by atoms with E-state index in [2.05, 4.69) is 55.6 Å². The minimum Gasteiger partial charge on any atom is -0.387 e. The number of unbranched alkanes of at least 4 members (excludes halogenated alkanes) is 8. The highest BCUT2D eigenvalue weighted by Crippen LogP contribution is 2.43. The largest absolute Gasteiger partial charge is 0.472 e. The summed E-state index contributed by atoms with van der Waals surface area (Å²) < 4.78 is 23.2. The quantitative estimate of drug-likeness (QED) is 0.0386. The third kappa shape index (κ3) is 27.3. The van der Waals surface area contributed by atoms with Gasteiger partial charge in [0.15, 0.2) is 0 Å². The molecule has 42 heavy (non-hydrogen) atoms. The van der Waals surface area contributed by atoms with Crippen molar-refractivity contribution >= 4 is 13.7 Å². The normalized spacial score (nSPS) is 15.7. The van der Waals surface area contributed by atoms with Crippen LogP contribution in [-0.4, -0.2) is 73.4 Å². The number of phosphoric acid groups is 1. The van der Waals surface area contributed by atoms with Crippen LogP contribution in [0.25, 0.3) is 0 Å². The maximum absolute atomic E-state index is 12.6. The Morgan fingerprint density at radius 3 is 2.07 bits per heavy atom. The van der Waals surface area contributed by atoms with E-state index in [0.717, 1.165) is 64.2 Å². The van der Waals surface area contributed by atoms with Crippen molar-refractivity contribution in [2.24, 2.45) is 0 Å². The lowest BCUT2D eigenvalue weighted by atomic mass is 10.1. The molecule has 0 saturated carbocycles. The highest BCUT2D eigenvalue weighted by atomic mass is 31.2. The fraction of sp³-hybridized carbons (Fsp3) is 0.727. The first kappa shape index (κ1) is 40.5. The Balaban J connectivity index is 4.65. The second-order valence-electron chi connectivity index (χ2n) is 11.8. The molecule has 0 radical (unpaired) electrons. The number of hydrogen-bond donors (Lipinski definition) is 3. The molecule has 3 unspecified atom stereocenters. The Morgan fingerprint density at radius 2 is 1.43 bits per heavy atom.